The molecular formula is C25H23N3O2. The highest BCUT2D eigenvalue weighted by Gasteiger charge is 2.40. The minimum atomic E-state index is -0.361. The molecule has 5 nitrogen and oxygen atoms in total. The van der Waals surface area contributed by atoms with Crippen LogP contribution in [0.3, 0.4) is 0 Å². The minimum Gasteiger partial charge on any atom is -0.378 e. The topological polar surface area (TPSA) is 52.7 Å². The Morgan fingerprint density at radius 3 is 2.03 bits per heavy atom. The third-order valence-corrected chi connectivity index (χ3v) is 5.18. The van der Waals surface area contributed by atoms with Crippen molar-refractivity contribution in [2.45, 2.75) is 6.92 Å². The lowest BCUT2D eigenvalue weighted by molar-refractivity contribution is -0.120. The molecule has 4 rings (SSSR count). The summed E-state index contributed by atoms with van der Waals surface area (Å²) in [5.74, 6) is -0.695. The average Bonchev–Trinajstić information content (AvgIpc) is 3.00. The molecule has 1 heterocycles. The SMILES string of the molecule is Cc1ccccc1NC1=C(c2ccccc2)C(=O)N(c2ccc(N(C)C)cc2)C1=O. The number of imide groups is 1. The average molecular weight is 397 g/mol. The summed E-state index contributed by atoms with van der Waals surface area (Å²) in [6, 6.07) is 24.4. The number of amides is 2. The fourth-order valence-corrected chi connectivity index (χ4v) is 3.50. The van der Waals surface area contributed by atoms with Crippen LogP contribution < -0.4 is 15.1 Å². The Labute approximate surface area is 176 Å². The molecule has 0 unspecified atom stereocenters. The molecule has 0 bridgehead atoms. The Hall–Kier alpha value is -3.86. The highest BCUT2D eigenvalue weighted by molar-refractivity contribution is 6.46. The lowest BCUT2D eigenvalue weighted by atomic mass is 10.0. The Kier molecular flexibility index (Phi) is 5.11. The van der Waals surface area contributed by atoms with Gasteiger partial charge in [0.15, 0.2) is 0 Å². The molecule has 2 amide bonds. The lowest BCUT2D eigenvalue weighted by Gasteiger charge is -2.18. The Morgan fingerprint density at radius 2 is 1.40 bits per heavy atom. The van der Waals surface area contributed by atoms with E-state index in [2.05, 4.69) is 5.32 Å². The predicted molar refractivity (Wildman–Crippen MR) is 121 cm³/mol. The van der Waals surface area contributed by atoms with Crippen molar-refractivity contribution in [3.8, 4) is 0 Å². The van der Waals surface area contributed by atoms with E-state index in [-0.39, 0.29) is 17.5 Å². The minimum absolute atomic E-state index is 0.289. The van der Waals surface area contributed by atoms with Crippen molar-refractivity contribution in [3.05, 3.63) is 95.7 Å². The molecule has 150 valence electrons. The number of carbonyl (C=O) groups is 2. The smallest absolute Gasteiger partial charge is 0.282 e. The summed E-state index contributed by atoms with van der Waals surface area (Å²) in [5.41, 5.74) is 4.70. The zero-order valence-electron chi connectivity index (χ0n) is 17.2. The van der Waals surface area contributed by atoms with Crippen LogP contribution in [0.4, 0.5) is 17.1 Å². The molecule has 1 aliphatic rings. The number of aryl methyl sites for hydroxylation is 1. The van der Waals surface area contributed by atoms with E-state index in [9.17, 15) is 9.59 Å². The summed E-state index contributed by atoms with van der Waals surface area (Å²) in [5, 5.41) is 3.23. The summed E-state index contributed by atoms with van der Waals surface area (Å²) in [7, 11) is 3.89. The molecule has 0 fully saturated rings. The van der Waals surface area contributed by atoms with Gasteiger partial charge in [-0.2, -0.15) is 0 Å². The molecule has 1 N–H and O–H groups in total. The van der Waals surface area contributed by atoms with Crippen LogP contribution in [0.15, 0.2) is 84.6 Å². The number of benzene rings is 3. The maximum Gasteiger partial charge on any atom is 0.282 e. The fraction of sp³-hybridized carbons (Fsp3) is 0.120. The van der Waals surface area contributed by atoms with E-state index < -0.39 is 0 Å². The van der Waals surface area contributed by atoms with Crippen molar-refractivity contribution in [2.24, 2.45) is 0 Å². The fourth-order valence-electron chi connectivity index (χ4n) is 3.50. The van der Waals surface area contributed by atoms with Crippen LogP contribution in [0.5, 0.6) is 0 Å². The van der Waals surface area contributed by atoms with E-state index >= 15 is 0 Å². The lowest BCUT2D eigenvalue weighted by Crippen LogP contribution is -2.32. The first-order valence-electron chi connectivity index (χ1n) is 9.76. The number of rotatable bonds is 5. The van der Waals surface area contributed by atoms with Gasteiger partial charge in [-0.05, 0) is 48.4 Å². The maximum atomic E-state index is 13.4. The number of nitrogens with one attached hydrogen (secondary N) is 1. The van der Waals surface area contributed by atoms with Gasteiger partial charge in [-0.3, -0.25) is 9.59 Å². The van der Waals surface area contributed by atoms with Crippen molar-refractivity contribution in [2.75, 3.05) is 29.2 Å². The van der Waals surface area contributed by atoms with Gasteiger partial charge in [0.1, 0.15) is 5.70 Å². The number of hydrogen-bond donors (Lipinski definition) is 1. The number of carbonyl (C=O) groups excluding carboxylic acids is 2. The van der Waals surface area contributed by atoms with Crippen molar-refractivity contribution < 1.29 is 9.59 Å². The molecular weight excluding hydrogens is 374 g/mol. The first kappa shape index (κ1) is 19.5. The van der Waals surface area contributed by atoms with Crippen molar-refractivity contribution in [3.63, 3.8) is 0 Å². The van der Waals surface area contributed by atoms with Crippen LogP contribution >= 0.6 is 0 Å². The second-order valence-electron chi connectivity index (χ2n) is 7.41. The van der Waals surface area contributed by atoms with Crippen molar-refractivity contribution >= 4 is 34.4 Å². The van der Waals surface area contributed by atoms with Gasteiger partial charge in [-0.1, -0.05) is 48.5 Å². The van der Waals surface area contributed by atoms with E-state index in [0.29, 0.717) is 16.8 Å². The van der Waals surface area contributed by atoms with Crippen LogP contribution in [0.25, 0.3) is 5.57 Å². The van der Waals surface area contributed by atoms with Gasteiger partial charge in [0.25, 0.3) is 11.8 Å². The van der Waals surface area contributed by atoms with E-state index in [1.165, 1.54) is 4.90 Å². The Morgan fingerprint density at radius 1 is 0.767 bits per heavy atom. The highest BCUT2D eigenvalue weighted by Crippen LogP contribution is 2.34. The van der Waals surface area contributed by atoms with Gasteiger partial charge < -0.3 is 10.2 Å². The van der Waals surface area contributed by atoms with E-state index in [1.807, 2.05) is 92.6 Å². The van der Waals surface area contributed by atoms with Crippen LogP contribution in [0.1, 0.15) is 11.1 Å². The third-order valence-electron chi connectivity index (χ3n) is 5.18. The predicted octanol–water partition coefficient (Wildman–Crippen LogP) is 4.46. The molecule has 30 heavy (non-hydrogen) atoms. The molecule has 3 aromatic rings. The number of para-hydroxylation sites is 1. The second kappa shape index (κ2) is 7.87. The number of anilines is 3. The van der Waals surface area contributed by atoms with Crippen LogP contribution in [0.2, 0.25) is 0 Å². The molecule has 5 heteroatoms. The molecule has 0 atom stereocenters. The molecule has 1 aliphatic heterocycles. The van der Waals surface area contributed by atoms with Crippen molar-refractivity contribution in [1.82, 2.24) is 0 Å². The number of nitrogens with zero attached hydrogens (tertiary/aromatic N) is 2. The third kappa shape index (κ3) is 3.46. The zero-order chi connectivity index (χ0) is 21.3. The van der Waals surface area contributed by atoms with Crippen molar-refractivity contribution in [1.29, 1.82) is 0 Å². The quantitative estimate of drug-likeness (QED) is 0.646. The van der Waals surface area contributed by atoms with Gasteiger partial charge >= 0.3 is 0 Å². The Bertz CT molecular complexity index is 1130. The van der Waals surface area contributed by atoms with Gasteiger partial charge in [0.05, 0.1) is 11.3 Å². The molecule has 0 radical (unpaired) electrons. The second-order valence-corrected chi connectivity index (χ2v) is 7.41. The normalized spacial score (nSPS) is 13.8. The van der Waals surface area contributed by atoms with Gasteiger partial charge in [-0.15, -0.1) is 0 Å². The summed E-state index contributed by atoms with van der Waals surface area (Å²) < 4.78 is 0. The number of hydrogen-bond acceptors (Lipinski definition) is 4. The largest absolute Gasteiger partial charge is 0.378 e. The van der Waals surface area contributed by atoms with E-state index in [0.717, 1.165) is 16.9 Å². The van der Waals surface area contributed by atoms with Crippen LogP contribution in [-0.2, 0) is 9.59 Å². The molecule has 0 aromatic heterocycles. The zero-order valence-corrected chi connectivity index (χ0v) is 17.2. The van der Waals surface area contributed by atoms with Crippen LogP contribution in [0, 0.1) is 6.92 Å². The first-order valence-corrected chi connectivity index (χ1v) is 9.76. The molecule has 0 saturated heterocycles. The first-order chi connectivity index (χ1) is 14.5. The maximum absolute atomic E-state index is 13.4. The molecule has 3 aromatic carbocycles. The molecule has 0 spiro atoms. The van der Waals surface area contributed by atoms with Gasteiger partial charge in [0, 0.05) is 25.5 Å². The van der Waals surface area contributed by atoms with Gasteiger partial charge in [0.2, 0.25) is 0 Å². The summed E-state index contributed by atoms with van der Waals surface area (Å²) in [4.78, 5) is 30.0. The van der Waals surface area contributed by atoms with Crippen LogP contribution in [-0.4, -0.2) is 25.9 Å². The van der Waals surface area contributed by atoms with E-state index in [4.69, 9.17) is 0 Å². The highest BCUT2D eigenvalue weighted by atomic mass is 16.2. The summed E-state index contributed by atoms with van der Waals surface area (Å²) in [6.07, 6.45) is 0. The molecule has 0 saturated carbocycles. The Balaban J connectivity index is 1.79. The van der Waals surface area contributed by atoms with Gasteiger partial charge in [-0.25, -0.2) is 4.90 Å². The molecule has 0 aliphatic carbocycles. The summed E-state index contributed by atoms with van der Waals surface area (Å²) >= 11 is 0. The van der Waals surface area contributed by atoms with E-state index in [1.54, 1.807) is 12.1 Å². The monoisotopic (exact) mass is 397 g/mol. The standard InChI is InChI=1S/C25H23N3O2/c1-17-9-7-8-12-21(17)26-23-22(18-10-5-4-6-11-18)24(29)28(25(23)30)20-15-13-19(14-16-20)27(2)3/h4-16,26H,1-3H3. The summed E-state index contributed by atoms with van der Waals surface area (Å²) in [6.45, 7) is 1.96.